The topological polar surface area (TPSA) is 82.7 Å². The Balaban J connectivity index is 2.09. The summed E-state index contributed by atoms with van der Waals surface area (Å²) in [7, 11) is 1.98. The third kappa shape index (κ3) is 3.01. The standard InChI is InChI=1S/C14H22N4O2/c1-3-18-6-4-11(5-7-18)17(2)13-12(15)8-10(9-16-13)14(19)20/h8-9,11H,3-7,15H2,1-2H3,(H,19,20). The number of hydrogen-bond donors (Lipinski definition) is 2. The van der Waals surface area contributed by atoms with Crippen LogP contribution in [0.1, 0.15) is 30.1 Å². The summed E-state index contributed by atoms with van der Waals surface area (Å²) < 4.78 is 0. The van der Waals surface area contributed by atoms with E-state index < -0.39 is 5.97 Å². The number of carbonyl (C=O) groups is 1. The Bertz CT molecular complexity index is 484. The second-order valence-electron chi connectivity index (χ2n) is 5.22. The lowest BCUT2D eigenvalue weighted by Crippen LogP contribution is -2.43. The Kier molecular flexibility index (Phi) is 4.44. The van der Waals surface area contributed by atoms with Crippen molar-refractivity contribution in [3.8, 4) is 0 Å². The summed E-state index contributed by atoms with van der Waals surface area (Å²) in [5.41, 5.74) is 6.49. The van der Waals surface area contributed by atoms with Crippen LogP contribution < -0.4 is 10.6 Å². The third-order valence-electron chi connectivity index (χ3n) is 4.03. The maximum atomic E-state index is 10.9. The zero-order chi connectivity index (χ0) is 14.7. The van der Waals surface area contributed by atoms with Crippen LogP contribution in [0.25, 0.3) is 0 Å². The van der Waals surface area contributed by atoms with Gasteiger partial charge < -0.3 is 20.6 Å². The summed E-state index contributed by atoms with van der Waals surface area (Å²) in [6.07, 6.45) is 3.52. The molecule has 1 aliphatic heterocycles. The fraction of sp³-hybridized carbons (Fsp3) is 0.571. The fourth-order valence-corrected chi connectivity index (χ4v) is 2.68. The van der Waals surface area contributed by atoms with E-state index in [0.717, 1.165) is 32.5 Å². The van der Waals surface area contributed by atoms with E-state index in [-0.39, 0.29) is 5.56 Å². The normalized spacial score (nSPS) is 17.1. The lowest BCUT2D eigenvalue weighted by atomic mass is 10.0. The van der Waals surface area contributed by atoms with Crippen LogP contribution in [0.3, 0.4) is 0 Å². The molecule has 0 bridgehead atoms. The molecule has 0 unspecified atom stereocenters. The molecule has 1 aliphatic rings. The van der Waals surface area contributed by atoms with Gasteiger partial charge in [0.05, 0.1) is 11.3 Å². The van der Waals surface area contributed by atoms with Crippen molar-refractivity contribution in [1.82, 2.24) is 9.88 Å². The Morgan fingerprint density at radius 1 is 1.55 bits per heavy atom. The summed E-state index contributed by atoms with van der Waals surface area (Å²) >= 11 is 0. The van der Waals surface area contributed by atoms with Gasteiger partial charge in [-0.05, 0) is 25.5 Å². The van der Waals surface area contributed by atoms with Crippen LogP contribution in [0.5, 0.6) is 0 Å². The SMILES string of the molecule is CCN1CCC(N(C)c2ncc(C(=O)O)cc2N)CC1. The number of aromatic nitrogens is 1. The van der Waals surface area contributed by atoms with Gasteiger partial charge in [0.1, 0.15) is 0 Å². The summed E-state index contributed by atoms with van der Waals surface area (Å²) in [5.74, 6) is -0.334. The zero-order valence-electron chi connectivity index (χ0n) is 12.0. The molecule has 6 nitrogen and oxygen atoms in total. The second kappa shape index (κ2) is 6.09. The molecule has 0 amide bonds. The molecule has 0 saturated carbocycles. The first-order chi connectivity index (χ1) is 9.52. The molecule has 1 saturated heterocycles. The van der Waals surface area contributed by atoms with E-state index in [2.05, 4.69) is 21.7 Å². The number of carboxylic acid groups (broad SMARTS) is 1. The number of nitrogens with zero attached hydrogens (tertiary/aromatic N) is 3. The van der Waals surface area contributed by atoms with Crippen molar-refractivity contribution in [2.45, 2.75) is 25.8 Å². The molecule has 3 N–H and O–H groups in total. The molecule has 0 atom stereocenters. The molecule has 2 heterocycles. The van der Waals surface area contributed by atoms with Crippen molar-refractivity contribution in [3.05, 3.63) is 17.8 Å². The fourth-order valence-electron chi connectivity index (χ4n) is 2.68. The Morgan fingerprint density at radius 3 is 2.70 bits per heavy atom. The first kappa shape index (κ1) is 14.6. The number of nitrogens with two attached hydrogens (primary N) is 1. The van der Waals surface area contributed by atoms with Gasteiger partial charge in [0, 0.05) is 32.4 Å². The van der Waals surface area contributed by atoms with Gasteiger partial charge >= 0.3 is 5.97 Å². The molecule has 110 valence electrons. The van der Waals surface area contributed by atoms with E-state index in [1.165, 1.54) is 12.3 Å². The molecule has 1 aromatic heterocycles. The van der Waals surface area contributed by atoms with Crippen LogP contribution in [0, 0.1) is 0 Å². The minimum Gasteiger partial charge on any atom is -0.478 e. The van der Waals surface area contributed by atoms with Gasteiger partial charge in [-0.15, -0.1) is 0 Å². The number of hydrogen-bond acceptors (Lipinski definition) is 5. The minimum absolute atomic E-state index is 0.125. The predicted octanol–water partition coefficient (Wildman–Crippen LogP) is 1.28. The Morgan fingerprint density at radius 2 is 2.20 bits per heavy atom. The number of nitrogen functional groups attached to an aromatic ring is 1. The predicted molar refractivity (Wildman–Crippen MR) is 79.1 cm³/mol. The Labute approximate surface area is 119 Å². The van der Waals surface area contributed by atoms with Gasteiger partial charge in [-0.3, -0.25) is 0 Å². The van der Waals surface area contributed by atoms with Crippen LogP contribution in [0.4, 0.5) is 11.5 Å². The highest BCUT2D eigenvalue weighted by atomic mass is 16.4. The highest BCUT2D eigenvalue weighted by molar-refractivity contribution is 5.89. The smallest absolute Gasteiger partial charge is 0.337 e. The lowest BCUT2D eigenvalue weighted by Gasteiger charge is -2.37. The molecular formula is C14H22N4O2. The van der Waals surface area contributed by atoms with Crippen molar-refractivity contribution in [1.29, 1.82) is 0 Å². The number of rotatable bonds is 4. The molecular weight excluding hydrogens is 256 g/mol. The van der Waals surface area contributed by atoms with Crippen LogP contribution in [-0.4, -0.2) is 53.7 Å². The number of likely N-dealkylation sites (tertiary alicyclic amines) is 1. The van der Waals surface area contributed by atoms with E-state index in [0.29, 0.717) is 17.5 Å². The van der Waals surface area contributed by atoms with Gasteiger partial charge in [0.25, 0.3) is 0 Å². The molecule has 0 radical (unpaired) electrons. The van der Waals surface area contributed by atoms with Crippen LogP contribution in [0.15, 0.2) is 12.3 Å². The van der Waals surface area contributed by atoms with Gasteiger partial charge in [-0.2, -0.15) is 0 Å². The monoisotopic (exact) mass is 278 g/mol. The average Bonchev–Trinajstić information content (AvgIpc) is 2.46. The molecule has 0 aliphatic carbocycles. The molecule has 1 fully saturated rings. The molecule has 20 heavy (non-hydrogen) atoms. The summed E-state index contributed by atoms with van der Waals surface area (Å²) in [5, 5.41) is 8.93. The first-order valence-electron chi connectivity index (χ1n) is 6.97. The zero-order valence-corrected chi connectivity index (χ0v) is 12.0. The third-order valence-corrected chi connectivity index (χ3v) is 4.03. The quantitative estimate of drug-likeness (QED) is 0.863. The average molecular weight is 278 g/mol. The molecule has 1 aromatic rings. The largest absolute Gasteiger partial charge is 0.478 e. The summed E-state index contributed by atoms with van der Waals surface area (Å²) in [6.45, 7) is 5.43. The van der Waals surface area contributed by atoms with Gasteiger partial charge in [-0.25, -0.2) is 9.78 Å². The van der Waals surface area contributed by atoms with E-state index in [1.54, 1.807) is 0 Å². The second-order valence-corrected chi connectivity index (χ2v) is 5.22. The number of anilines is 2. The number of piperidine rings is 1. The molecule has 6 heteroatoms. The van der Waals surface area contributed by atoms with Crippen molar-refractivity contribution < 1.29 is 9.90 Å². The van der Waals surface area contributed by atoms with Crippen LogP contribution in [0.2, 0.25) is 0 Å². The number of aromatic carboxylic acids is 1. The van der Waals surface area contributed by atoms with Gasteiger partial charge in [0.15, 0.2) is 5.82 Å². The maximum absolute atomic E-state index is 10.9. The van der Waals surface area contributed by atoms with Crippen molar-refractivity contribution >= 4 is 17.5 Å². The van der Waals surface area contributed by atoms with Crippen LogP contribution >= 0.6 is 0 Å². The number of pyridine rings is 1. The van der Waals surface area contributed by atoms with Gasteiger partial charge in [0.2, 0.25) is 0 Å². The molecule has 0 aromatic carbocycles. The summed E-state index contributed by atoms with van der Waals surface area (Å²) in [6, 6.07) is 1.88. The van der Waals surface area contributed by atoms with Crippen molar-refractivity contribution in [2.24, 2.45) is 0 Å². The van der Waals surface area contributed by atoms with Crippen LogP contribution in [-0.2, 0) is 0 Å². The lowest BCUT2D eigenvalue weighted by molar-refractivity contribution is 0.0696. The van der Waals surface area contributed by atoms with E-state index in [4.69, 9.17) is 10.8 Å². The molecule has 0 spiro atoms. The van der Waals surface area contributed by atoms with E-state index in [9.17, 15) is 4.79 Å². The number of carboxylic acids is 1. The summed E-state index contributed by atoms with van der Waals surface area (Å²) in [4.78, 5) is 19.6. The van der Waals surface area contributed by atoms with E-state index >= 15 is 0 Å². The highest BCUT2D eigenvalue weighted by Crippen LogP contribution is 2.25. The molecule has 2 rings (SSSR count). The minimum atomic E-state index is -1.00. The highest BCUT2D eigenvalue weighted by Gasteiger charge is 2.23. The Hall–Kier alpha value is -1.82. The van der Waals surface area contributed by atoms with E-state index in [1.807, 2.05) is 7.05 Å². The maximum Gasteiger partial charge on any atom is 0.337 e. The van der Waals surface area contributed by atoms with Crippen molar-refractivity contribution in [2.75, 3.05) is 37.3 Å². The first-order valence-corrected chi connectivity index (χ1v) is 6.97. The van der Waals surface area contributed by atoms with Gasteiger partial charge in [-0.1, -0.05) is 6.92 Å². The van der Waals surface area contributed by atoms with Crippen molar-refractivity contribution in [3.63, 3.8) is 0 Å².